The number of ether oxygens (including phenoxy) is 1. The van der Waals surface area contributed by atoms with E-state index in [1.165, 1.54) is 13.2 Å². The van der Waals surface area contributed by atoms with Crippen molar-refractivity contribution in [1.29, 1.82) is 0 Å². The molecule has 0 amide bonds. The second-order valence-corrected chi connectivity index (χ2v) is 5.28. The molecule has 0 bridgehead atoms. The molecule has 0 spiro atoms. The molecule has 1 saturated carbocycles. The number of rotatable bonds is 4. The molecule has 3 nitrogen and oxygen atoms in total. The van der Waals surface area contributed by atoms with Crippen molar-refractivity contribution in [2.45, 2.75) is 32.1 Å². The number of methoxy groups -OCH3 is 1. The van der Waals surface area contributed by atoms with Gasteiger partial charge in [-0.25, -0.2) is 0 Å². The van der Waals surface area contributed by atoms with Crippen molar-refractivity contribution in [3.63, 3.8) is 0 Å². The van der Waals surface area contributed by atoms with Crippen LogP contribution >= 0.6 is 11.6 Å². The van der Waals surface area contributed by atoms with Gasteiger partial charge in [0.2, 0.25) is 11.6 Å². The summed E-state index contributed by atoms with van der Waals surface area (Å²) < 4.78 is 5.07. The van der Waals surface area contributed by atoms with E-state index in [0.29, 0.717) is 16.3 Å². The van der Waals surface area contributed by atoms with Gasteiger partial charge in [0.05, 0.1) is 12.1 Å². The Labute approximate surface area is 117 Å². The van der Waals surface area contributed by atoms with E-state index in [-0.39, 0.29) is 11.7 Å². The summed E-state index contributed by atoms with van der Waals surface area (Å²) in [5.41, 5.74) is 0.358. The molecule has 0 heterocycles. The van der Waals surface area contributed by atoms with Gasteiger partial charge in [0.1, 0.15) is 5.75 Å². The topological polar surface area (TPSA) is 43.4 Å². The fraction of sp³-hybridized carbons (Fsp3) is 0.467. The number of carbonyl (C=O) groups excluding carboxylic acids is 2. The predicted molar refractivity (Wildman–Crippen MR) is 73.9 cm³/mol. The van der Waals surface area contributed by atoms with E-state index >= 15 is 0 Å². The molecule has 2 rings (SSSR count). The molecule has 1 aromatic carbocycles. The summed E-state index contributed by atoms with van der Waals surface area (Å²) in [5, 5.41) is 0.434. The molecule has 0 atom stereocenters. The molecule has 1 aliphatic rings. The van der Waals surface area contributed by atoms with Crippen molar-refractivity contribution < 1.29 is 14.3 Å². The zero-order chi connectivity index (χ0) is 13.8. The molecule has 1 aromatic rings. The maximum Gasteiger partial charge on any atom is 0.228 e. The quantitative estimate of drug-likeness (QED) is 0.624. The lowest BCUT2D eigenvalue weighted by Crippen LogP contribution is -2.25. The first kappa shape index (κ1) is 14.1. The summed E-state index contributed by atoms with van der Waals surface area (Å²) in [6, 6.07) is 4.70. The summed E-state index contributed by atoms with van der Waals surface area (Å²) in [6.45, 7) is 0. The van der Waals surface area contributed by atoms with E-state index in [9.17, 15) is 9.59 Å². The lowest BCUT2D eigenvalue weighted by atomic mass is 9.84. The monoisotopic (exact) mass is 280 g/mol. The molecule has 0 unspecified atom stereocenters. The van der Waals surface area contributed by atoms with Crippen LogP contribution < -0.4 is 4.74 Å². The van der Waals surface area contributed by atoms with Gasteiger partial charge in [-0.05, 0) is 31.0 Å². The summed E-state index contributed by atoms with van der Waals surface area (Å²) in [5.74, 6) is -0.391. The normalized spacial score (nSPS) is 16.1. The van der Waals surface area contributed by atoms with Crippen molar-refractivity contribution in [3.05, 3.63) is 28.8 Å². The SMILES string of the molecule is COc1cc(C(=O)C(=O)C2CCCCC2)ccc1Cl. The Hall–Kier alpha value is -1.35. The smallest absolute Gasteiger partial charge is 0.228 e. The van der Waals surface area contributed by atoms with Crippen LogP contribution in [0.15, 0.2) is 18.2 Å². The molecule has 0 radical (unpaired) electrons. The number of ketones is 2. The van der Waals surface area contributed by atoms with Gasteiger partial charge in [-0.2, -0.15) is 0 Å². The number of hydrogen-bond acceptors (Lipinski definition) is 3. The fourth-order valence-corrected chi connectivity index (χ4v) is 2.69. The molecule has 102 valence electrons. The summed E-state index contributed by atoms with van der Waals surface area (Å²) in [4.78, 5) is 24.3. The van der Waals surface area contributed by atoms with Crippen LogP contribution in [0.4, 0.5) is 0 Å². The summed E-state index contributed by atoms with van der Waals surface area (Å²) in [6.07, 6.45) is 4.89. The molecular formula is C15H17ClO3. The van der Waals surface area contributed by atoms with Gasteiger partial charge >= 0.3 is 0 Å². The highest BCUT2D eigenvalue weighted by atomic mass is 35.5. The Morgan fingerprint density at radius 2 is 1.89 bits per heavy atom. The van der Waals surface area contributed by atoms with E-state index in [1.54, 1.807) is 12.1 Å². The lowest BCUT2D eigenvalue weighted by Gasteiger charge is -2.19. The second kappa shape index (κ2) is 6.20. The van der Waals surface area contributed by atoms with Crippen molar-refractivity contribution in [3.8, 4) is 5.75 Å². The first-order valence-corrected chi connectivity index (χ1v) is 6.93. The number of Topliss-reactive ketones (excluding diaryl/α,β-unsaturated/α-hetero) is 2. The van der Waals surface area contributed by atoms with Crippen LogP contribution in [-0.2, 0) is 4.79 Å². The summed E-state index contributed by atoms with van der Waals surface area (Å²) >= 11 is 5.91. The third-order valence-corrected chi connectivity index (χ3v) is 3.93. The Morgan fingerprint density at radius 1 is 1.21 bits per heavy atom. The van der Waals surface area contributed by atoms with Gasteiger partial charge in [-0.15, -0.1) is 0 Å². The Morgan fingerprint density at radius 3 is 2.53 bits per heavy atom. The number of halogens is 1. The van der Waals surface area contributed by atoms with Gasteiger partial charge in [0.15, 0.2) is 0 Å². The Kier molecular flexibility index (Phi) is 4.59. The number of benzene rings is 1. The first-order chi connectivity index (χ1) is 9.13. The van der Waals surface area contributed by atoms with Gasteiger partial charge in [0.25, 0.3) is 0 Å². The third-order valence-electron chi connectivity index (χ3n) is 3.61. The van der Waals surface area contributed by atoms with Gasteiger partial charge in [-0.1, -0.05) is 30.9 Å². The molecule has 0 aromatic heterocycles. The zero-order valence-corrected chi connectivity index (χ0v) is 11.7. The minimum atomic E-state index is -0.429. The van der Waals surface area contributed by atoms with Crippen LogP contribution in [0.3, 0.4) is 0 Å². The van der Waals surface area contributed by atoms with Crippen LogP contribution in [0, 0.1) is 5.92 Å². The van der Waals surface area contributed by atoms with Crippen molar-refractivity contribution in [1.82, 2.24) is 0 Å². The largest absolute Gasteiger partial charge is 0.495 e. The average molecular weight is 281 g/mol. The Bertz CT molecular complexity index is 490. The van der Waals surface area contributed by atoms with Crippen molar-refractivity contribution in [2.24, 2.45) is 5.92 Å². The van der Waals surface area contributed by atoms with E-state index in [0.717, 1.165) is 32.1 Å². The molecular weight excluding hydrogens is 264 g/mol. The molecule has 1 aliphatic carbocycles. The second-order valence-electron chi connectivity index (χ2n) is 4.88. The predicted octanol–water partition coefficient (Wildman–Crippen LogP) is 3.68. The van der Waals surface area contributed by atoms with Crippen LogP contribution in [0.5, 0.6) is 5.75 Å². The molecule has 1 fully saturated rings. The molecule has 0 N–H and O–H groups in total. The highest BCUT2D eigenvalue weighted by Crippen LogP contribution is 2.28. The maximum atomic E-state index is 12.2. The van der Waals surface area contributed by atoms with Crippen molar-refractivity contribution in [2.75, 3.05) is 7.11 Å². The first-order valence-electron chi connectivity index (χ1n) is 6.55. The Balaban J connectivity index is 2.16. The van der Waals surface area contributed by atoms with Crippen LogP contribution in [0.1, 0.15) is 42.5 Å². The highest BCUT2D eigenvalue weighted by Gasteiger charge is 2.27. The van der Waals surface area contributed by atoms with E-state index < -0.39 is 5.78 Å². The third kappa shape index (κ3) is 3.16. The zero-order valence-electron chi connectivity index (χ0n) is 10.9. The lowest BCUT2D eigenvalue weighted by molar-refractivity contribution is -0.119. The minimum Gasteiger partial charge on any atom is -0.495 e. The summed E-state index contributed by atoms with van der Waals surface area (Å²) in [7, 11) is 1.48. The van der Waals surface area contributed by atoms with Crippen LogP contribution in [0.2, 0.25) is 5.02 Å². The molecule has 19 heavy (non-hydrogen) atoms. The fourth-order valence-electron chi connectivity index (χ4n) is 2.49. The standard InChI is InChI=1S/C15H17ClO3/c1-19-13-9-11(7-8-12(13)16)15(18)14(17)10-5-3-2-4-6-10/h7-10H,2-6H2,1H3. The molecule has 0 saturated heterocycles. The van der Waals surface area contributed by atoms with Gasteiger partial charge < -0.3 is 4.74 Å². The van der Waals surface area contributed by atoms with Crippen LogP contribution in [-0.4, -0.2) is 18.7 Å². The number of hydrogen-bond donors (Lipinski definition) is 0. The molecule has 4 heteroatoms. The number of carbonyl (C=O) groups is 2. The van der Waals surface area contributed by atoms with Gasteiger partial charge in [-0.3, -0.25) is 9.59 Å². The van der Waals surface area contributed by atoms with Crippen LogP contribution in [0.25, 0.3) is 0 Å². The minimum absolute atomic E-state index is 0.108. The molecule has 0 aliphatic heterocycles. The van der Waals surface area contributed by atoms with E-state index in [2.05, 4.69) is 0 Å². The maximum absolute atomic E-state index is 12.2. The van der Waals surface area contributed by atoms with Gasteiger partial charge in [0, 0.05) is 11.5 Å². The highest BCUT2D eigenvalue weighted by molar-refractivity contribution is 6.44. The van der Waals surface area contributed by atoms with E-state index in [1.807, 2.05) is 0 Å². The van der Waals surface area contributed by atoms with E-state index in [4.69, 9.17) is 16.3 Å². The average Bonchev–Trinajstić information content (AvgIpc) is 2.47. The van der Waals surface area contributed by atoms with Crippen molar-refractivity contribution >= 4 is 23.2 Å².